The summed E-state index contributed by atoms with van der Waals surface area (Å²) in [6.07, 6.45) is 0.377. The van der Waals surface area contributed by atoms with Crippen molar-refractivity contribution in [2.24, 2.45) is 0 Å². The Labute approximate surface area is 199 Å². The number of fused-ring (bicyclic) bond motifs is 1. The third-order valence-electron chi connectivity index (χ3n) is 6.56. The minimum absolute atomic E-state index is 0.00168. The molecule has 2 amide bonds. The lowest BCUT2D eigenvalue weighted by Crippen LogP contribution is -2.34. The molecule has 1 aliphatic heterocycles. The fraction of sp³-hybridized carbons (Fsp3) is 0.250. The lowest BCUT2D eigenvalue weighted by Gasteiger charge is -2.23. The summed E-state index contributed by atoms with van der Waals surface area (Å²) in [6.45, 7) is 5.30. The van der Waals surface area contributed by atoms with E-state index in [-0.39, 0.29) is 24.3 Å². The predicted octanol–water partition coefficient (Wildman–Crippen LogP) is 4.92. The highest BCUT2D eigenvalue weighted by Crippen LogP contribution is 2.34. The van der Waals surface area contributed by atoms with Gasteiger partial charge in [0, 0.05) is 36.8 Å². The zero-order valence-electron chi connectivity index (χ0n) is 19.5. The number of imidazole rings is 1. The zero-order chi connectivity index (χ0) is 23.7. The summed E-state index contributed by atoms with van der Waals surface area (Å²) in [7, 11) is 0. The van der Waals surface area contributed by atoms with Gasteiger partial charge in [-0.2, -0.15) is 0 Å². The molecular formula is C28H28N4O2. The molecule has 6 heteroatoms. The third-order valence-corrected chi connectivity index (χ3v) is 6.56. The van der Waals surface area contributed by atoms with Gasteiger partial charge < -0.3 is 14.4 Å². The maximum Gasteiger partial charge on any atom is 0.246 e. The molecule has 5 rings (SSSR count). The van der Waals surface area contributed by atoms with Crippen molar-refractivity contribution >= 4 is 34.2 Å². The Balaban J connectivity index is 1.49. The van der Waals surface area contributed by atoms with Crippen LogP contribution in [0.15, 0.2) is 78.9 Å². The number of benzene rings is 3. The summed E-state index contributed by atoms with van der Waals surface area (Å²) in [6, 6.07) is 25.5. The molecule has 0 N–H and O–H groups in total. The molecule has 0 unspecified atom stereocenters. The van der Waals surface area contributed by atoms with Crippen LogP contribution in [0.1, 0.15) is 30.7 Å². The number of rotatable bonds is 6. The van der Waals surface area contributed by atoms with Gasteiger partial charge in [-0.3, -0.25) is 9.59 Å². The van der Waals surface area contributed by atoms with Crippen molar-refractivity contribution in [1.29, 1.82) is 0 Å². The largest absolute Gasteiger partial charge is 0.318 e. The van der Waals surface area contributed by atoms with Gasteiger partial charge in [0.25, 0.3) is 0 Å². The molecule has 6 nitrogen and oxygen atoms in total. The monoisotopic (exact) mass is 452 g/mol. The van der Waals surface area contributed by atoms with Gasteiger partial charge in [-0.15, -0.1) is 0 Å². The van der Waals surface area contributed by atoms with E-state index < -0.39 is 0 Å². The highest BCUT2D eigenvalue weighted by molar-refractivity contribution is 5.97. The number of nitrogens with zero attached hydrogens (tertiary/aromatic N) is 4. The molecule has 3 aromatic carbocycles. The number of anilines is 2. The van der Waals surface area contributed by atoms with E-state index in [1.54, 1.807) is 4.90 Å². The smallest absolute Gasteiger partial charge is 0.246 e. The molecule has 0 radical (unpaired) electrons. The third kappa shape index (κ3) is 3.96. The van der Waals surface area contributed by atoms with Crippen molar-refractivity contribution in [3.8, 4) is 0 Å². The SMILES string of the molecule is CCN(C(=O)Cn1c([C@@H]2CC(=O)N(c3ccccc3C)C2)nc2ccccc21)c1ccccc1. The van der Waals surface area contributed by atoms with Crippen molar-refractivity contribution in [3.63, 3.8) is 0 Å². The van der Waals surface area contributed by atoms with Crippen LogP contribution in [0.5, 0.6) is 0 Å². The van der Waals surface area contributed by atoms with Crippen LogP contribution in [-0.2, 0) is 16.1 Å². The first kappa shape index (κ1) is 21.9. The van der Waals surface area contributed by atoms with Crippen molar-refractivity contribution in [1.82, 2.24) is 9.55 Å². The van der Waals surface area contributed by atoms with E-state index in [0.717, 1.165) is 33.8 Å². The van der Waals surface area contributed by atoms with Gasteiger partial charge in [0.15, 0.2) is 0 Å². The topological polar surface area (TPSA) is 58.4 Å². The molecule has 1 aliphatic rings. The van der Waals surface area contributed by atoms with Gasteiger partial charge in [0.05, 0.1) is 11.0 Å². The van der Waals surface area contributed by atoms with E-state index in [4.69, 9.17) is 4.98 Å². The van der Waals surface area contributed by atoms with E-state index in [9.17, 15) is 9.59 Å². The molecule has 34 heavy (non-hydrogen) atoms. The van der Waals surface area contributed by atoms with Gasteiger partial charge in [-0.05, 0) is 49.7 Å². The van der Waals surface area contributed by atoms with Crippen LogP contribution in [0.2, 0.25) is 0 Å². The average molecular weight is 453 g/mol. The Hall–Kier alpha value is -3.93. The van der Waals surface area contributed by atoms with E-state index in [1.165, 1.54) is 0 Å². The molecule has 0 saturated carbocycles. The fourth-order valence-corrected chi connectivity index (χ4v) is 4.88. The second-order valence-electron chi connectivity index (χ2n) is 8.71. The Kier molecular flexibility index (Phi) is 5.88. The minimum Gasteiger partial charge on any atom is -0.318 e. The van der Waals surface area contributed by atoms with Crippen LogP contribution < -0.4 is 9.80 Å². The van der Waals surface area contributed by atoms with E-state index in [1.807, 2.05) is 102 Å². The summed E-state index contributed by atoms with van der Waals surface area (Å²) in [5.74, 6) is 0.795. The van der Waals surface area contributed by atoms with Gasteiger partial charge in [0.1, 0.15) is 12.4 Å². The first-order valence-electron chi connectivity index (χ1n) is 11.7. The number of aromatic nitrogens is 2. The quantitative estimate of drug-likeness (QED) is 0.417. The van der Waals surface area contributed by atoms with Crippen LogP contribution in [0, 0.1) is 6.92 Å². The van der Waals surface area contributed by atoms with Gasteiger partial charge in [-0.25, -0.2) is 4.98 Å². The molecule has 1 saturated heterocycles. The van der Waals surface area contributed by atoms with Crippen molar-refractivity contribution in [2.75, 3.05) is 22.9 Å². The number of hydrogen-bond acceptors (Lipinski definition) is 3. The number of hydrogen-bond donors (Lipinski definition) is 0. The second-order valence-corrected chi connectivity index (χ2v) is 8.71. The molecule has 4 aromatic rings. The molecule has 172 valence electrons. The molecule has 0 spiro atoms. The molecule has 2 heterocycles. The Morgan fingerprint density at radius 3 is 2.47 bits per heavy atom. The maximum absolute atomic E-state index is 13.4. The number of likely N-dealkylation sites (N-methyl/N-ethyl adjacent to an activating group) is 1. The second kappa shape index (κ2) is 9.14. The van der Waals surface area contributed by atoms with E-state index in [0.29, 0.717) is 19.5 Å². The molecular weight excluding hydrogens is 424 g/mol. The van der Waals surface area contributed by atoms with Gasteiger partial charge >= 0.3 is 0 Å². The lowest BCUT2D eigenvalue weighted by molar-refractivity contribution is -0.119. The van der Waals surface area contributed by atoms with E-state index in [2.05, 4.69) is 0 Å². The fourth-order valence-electron chi connectivity index (χ4n) is 4.88. The normalized spacial score (nSPS) is 15.8. The van der Waals surface area contributed by atoms with E-state index >= 15 is 0 Å². The Bertz CT molecular complexity index is 1350. The first-order chi connectivity index (χ1) is 16.6. The Morgan fingerprint density at radius 1 is 1.00 bits per heavy atom. The number of aryl methyl sites for hydroxylation is 1. The lowest BCUT2D eigenvalue weighted by atomic mass is 10.1. The van der Waals surface area contributed by atoms with Crippen molar-refractivity contribution < 1.29 is 9.59 Å². The van der Waals surface area contributed by atoms with Crippen molar-refractivity contribution in [2.45, 2.75) is 32.7 Å². The molecule has 1 fully saturated rings. The highest BCUT2D eigenvalue weighted by atomic mass is 16.2. The number of carbonyl (C=O) groups is 2. The summed E-state index contributed by atoms with van der Waals surface area (Å²) in [5.41, 5.74) is 4.64. The van der Waals surface area contributed by atoms with Crippen molar-refractivity contribution in [3.05, 3.63) is 90.3 Å². The minimum atomic E-state index is -0.0842. The van der Waals surface area contributed by atoms with Crippen LogP contribution >= 0.6 is 0 Å². The van der Waals surface area contributed by atoms with Crippen LogP contribution in [0.3, 0.4) is 0 Å². The predicted molar refractivity (Wildman–Crippen MR) is 135 cm³/mol. The van der Waals surface area contributed by atoms with Crippen LogP contribution in [-0.4, -0.2) is 34.5 Å². The zero-order valence-corrected chi connectivity index (χ0v) is 19.5. The Morgan fingerprint density at radius 2 is 1.71 bits per heavy atom. The maximum atomic E-state index is 13.4. The number of amides is 2. The number of para-hydroxylation sites is 4. The average Bonchev–Trinajstić information content (AvgIpc) is 3.41. The summed E-state index contributed by atoms with van der Waals surface area (Å²) < 4.78 is 2.00. The summed E-state index contributed by atoms with van der Waals surface area (Å²) in [4.78, 5) is 35.0. The molecule has 1 atom stereocenters. The van der Waals surface area contributed by atoms with Gasteiger partial charge in [0.2, 0.25) is 11.8 Å². The molecule has 0 bridgehead atoms. The summed E-state index contributed by atoms with van der Waals surface area (Å²) >= 11 is 0. The summed E-state index contributed by atoms with van der Waals surface area (Å²) in [5, 5.41) is 0. The van der Waals surface area contributed by atoms with Crippen LogP contribution in [0.25, 0.3) is 11.0 Å². The standard InChI is InChI=1S/C28H28N4O2/c1-3-30(22-12-5-4-6-13-22)27(34)19-32-25-16-10-8-14-23(25)29-28(32)21-17-26(33)31(18-21)24-15-9-7-11-20(24)2/h4-16,21H,3,17-19H2,1-2H3/t21-/m1/s1. The number of carbonyl (C=O) groups excluding carboxylic acids is 2. The molecule has 0 aliphatic carbocycles. The van der Waals surface area contributed by atoms with Gasteiger partial charge in [-0.1, -0.05) is 48.5 Å². The van der Waals surface area contributed by atoms with Crippen LogP contribution in [0.4, 0.5) is 11.4 Å². The first-order valence-corrected chi connectivity index (χ1v) is 11.7. The highest BCUT2D eigenvalue weighted by Gasteiger charge is 2.35. The molecule has 1 aromatic heterocycles.